The van der Waals surface area contributed by atoms with Crippen LogP contribution < -0.4 is 0 Å². The van der Waals surface area contributed by atoms with Crippen molar-refractivity contribution in [3.8, 4) is 0 Å². The van der Waals surface area contributed by atoms with Crippen LogP contribution in [0.2, 0.25) is 25.1 Å². The van der Waals surface area contributed by atoms with Crippen LogP contribution >= 0.6 is 58.0 Å². The lowest BCUT2D eigenvalue weighted by Crippen LogP contribution is -1.95. The van der Waals surface area contributed by atoms with E-state index in [9.17, 15) is 0 Å². The fraction of sp³-hybridized carbons (Fsp3) is 0.0714. The Morgan fingerprint density at radius 1 is 0.773 bits per heavy atom. The predicted octanol–water partition coefficient (Wildman–Crippen LogP) is 7.04. The number of aromatic nitrogens is 1. The number of nitrogens with zero attached hydrogens (tertiary/aromatic N) is 3. The minimum Gasteiger partial charge on any atom is -0.262 e. The van der Waals surface area contributed by atoms with E-state index < -0.39 is 0 Å². The second-order valence-corrected chi connectivity index (χ2v) is 6.05. The molecule has 0 atom stereocenters. The fourth-order valence-corrected chi connectivity index (χ4v) is 3.16. The molecule has 0 unspecified atom stereocenters. The molecule has 0 radical (unpaired) electrons. The Balaban J connectivity index is 2.71. The number of rotatable bonds is 2. The Labute approximate surface area is 152 Å². The third-order valence-corrected chi connectivity index (χ3v) is 4.83. The summed E-state index contributed by atoms with van der Waals surface area (Å²) in [7, 11) is 0. The Hall–Kier alpha value is -1.20. The van der Waals surface area contributed by atoms with Crippen LogP contribution in [-0.4, -0.2) is 4.98 Å². The van der Waals surface area contributed by atoms with Gasteiger partial charge < -0.3 is 0 Å². The van der Waals surface area contributed by atoms with E-state index in [4.69, 9.17) is 71.1 Å². The molecule has 0 bridgehead atoms. The first-order valence-electron chi connectivity index (χ1n) is 5.64. The van der Waals surface area contributed by atoms with Gasteiger partial charge in [-0.2, -0.15) is 0 Å². The van der Waals surface area contributed by atoms with Gasteiger partial charge in [0, 0.05) is 23.8 Å². The highest BCUT2D eigenvalue weighted by molar-refractivity contribution is 6.47. The zero-order valence-corrected chi connectivity index (χ0v) is 14.4. The molecule has 22 heavy (non-hydrogen) atoms. The summed E-state index contributed by atoms with van der Waals surface area (Å²) in [5, 5.41) is 0.848. The molecule has 0 saturated heterocycles. The quantitative estimate of drug-likeness (QED) is 0.397. The second-order valence-electron chi connectivity index (χ2n) is 4.10. The minimum absolute atomic E-state index is 0.0108. The van der Waals surface area contributed by atoms with Gasteiger partial charge in [-0.25, -0.2) is 9.69 Å². The average Bonchev–Trinajstić information content (AvgIpc) is 2.49. The lowest BCUT2D eigenvalue weighted by molar-refractivity contribution is 1.16. The molecule has 1 heterocycles. The van der Waals surface area contributed by atoms with Gasteiger partial charge in [0.2, 0.25) is 11.4 Å². The van der Waals surface area contributed by atoms with Gasteiger partial charge in [-0.3, -0.25) is 4.98 Å². The Morgan fingerprint density at radius 2 is 1.27 bits per heavy atom. The van der Waals surface area contributed by atoms with Crippen LogP contribution in [0.5, 0.6) is 0 Å². The van der Waals surface area contributed by atoms with E-state index >= 15 is 0 Å². The molecule has 3 nitrogen and oxygen atoms in total. The summed E-state index contributed by atoms with van der Waals surface area (Å²) in [5.41, 5.74) is 0.844. The zero-order chi connectivity index (χ0) is 16.4. The molecular formula is C14H4Cl5N3. The summed E-state index contributed by atoms with van der Waals surface area (Å²) in [6.45, 7) is 14.3. The van der Waals surface area contributed by atoms with Crippen LogP contribution in [0.15, 0.2) is 12.4 Å². The maximum Gasteiger partial charge on any atom is 0.215 e. The normalized spacial score (nSPS) is 10.1. The van der Waals surface area contributed by atoms with Crippen LogP contribution in [0.4, 0.5) is 11.4 Å². The van der Waals surface area contributed by atoms with Gasteiger partial charge in [-0.15, -0.1) is 0 Å². The van der Waals surface area contributed by atoms with Gasteiger partial charge in [0.15, 0.2) is 0 Å². The van der Waals surface area contributed by atoms with E-state index in [0.717, 1.165) is 0 Å². The van der Waals surface area contributed by atoms with Gasteiger partial charge >= 0.3 is 0 Å². The summed E-state index contributed by atoms with van der Waals surface area (Å²) >= 11 is 30.7. The summed E-state index contributed by atoms with van der Waals surface area (Å²) in [4.78, 5) is 10.4. The maximum atomic E-state index is 7.19. The van der Waals surface area contributed by atoms with Crippen molar-refractivity contribution in [2.24, 2.45) is 0 Å². The van der Waals surface area contributed by atoms with E-state index in [1.807, 2.05) is 0 Å². The van der Waals surface area contributed by atoms with Crippen LogP contribution in [0.1, 0.15) is 11.1 Å². The molecule has 0 aliphatic carbocycles. The monoisotopic (exact) mass is 389 g/mol. The lowest BCUT2D eigenvalue weighted by Gasteiger charge is -2.14. The summed E-state index contributed by atoms with van der Waals surface area (Å²) < 4.78 is 0. The number of halogens is 5. The third kappa shape index (κ3) is 2.97. The molecule has 2 aromatic rings. The first-order chi connectivity index (χ1) is 10.4. The Kier molecular flexibility index (Phi) is 5.40. The molecule has 2 rings (SSSR count). The largest absolute Gasteiger partial charge is 0.262 e. The fourth-order valence-electron chi connectivity index (χ4n) is 1.83. The van der Waals surface area contributed by atoms with E-state index in [1.54, 1.807) is 0 Å². The van der Waals surface area contributed by atoms with Crippen molar-refractivity contribution in [1.29, 1.82) is 0 Å². The van der Waals surface area contributed by atoms with Gasteiger partial charge in [0.25, 0.3) is 0 Å². The van der Waals surface area contributed by atoms with Gasteiger partial charge in [-0.1, -0.05) is 58.0 Å². The van der Waals surface area contributed by atoms with Crippen molar-refractivity contribution in [2.75, 3.05) is 0 Å². The summed E-state index contributed by atoms with van der Waals surface area (Å²) in [6.07, 6.45) is 3.04. The van der Waals surface area contributed by atoms with Gasteiger partial charge in [-0.05, 0) is 11.1 Å². The number of hydrogen-bond acceptors (Lipinski definition) is 1. The number of pyridine rings is 1. The van der Waals surface area contributed by atoms with E-state index in [0.29, 0.717) is 21.2 Å². The minimum atomic E-state index is -0.0673. The molecule has 0 amide bonds. The standard InChI is InChI=1S/C14H4Cl5N3/c1-20-13-11(18)7(10(17)12(19)14(13)21-2)3-6-8(15)4-22-5-9(6)16/h4-5H,3H2. The summed E-state index contributed by atoms with van der Waals surface area (Å²) in [5.74, 6) is 0. The SMILES string of the molecule is [C-]#[N+]c1c(Cl)c(Cl)c(Cc2c(Cl)cncc2Cl)c(Cl)c1[N+]#[C-]. The molecule has 0 fully saturated rings. The zero-order valence-electron chi connectivity index (χ0n) is 10.6. The van der Waals surface area contributed by atoms with Crippen LogP contribution in [0, 0.1) is 13.1 Å². The van der Waals surface area contributed by atoms with E-state index in [-0.39, 0.29) is 32.9 Å². The van der Waals surface area contributed by atoms with Crippen LogP contribution in [0.25, 0.3) is 9.69 Å². The molecule has 8 heteroatoms. The molecule has 110 valence electrons. The Bertz CT molecular complexity index is 829. The third-order valence-electron chi connectivity index (χ3n) is 2.89. The first-order valence-corrected chi connectivity index (χ1v) is 7.53. The van der Waals surface area contributed by atoms with E-state index in [1.165, 1.54) is 12.4 Å². The average molecular weight is 391 g/mol. The Morgan fingerprint density at radius 3 is 1.77 bits per heavy atom. The molecule has 0 spiro atoms. The predicted molar refractivity (Wildman–Crippen MR) is 91.1 cm³/mol. The van der Waals surface area contributed by atoms with Gasteiger partial charge in [0.1, 0.15) is 0 Å². The van der Waals surface area contributed by atoms with Crippen LogP contribution in [0.3, 0.4) is 0 Å². The summed E-state index contributed by atoms with van der Waals surface area (Å²) in [6, 6.07) is 0. The van der Waals surface area contributed by atoms with Crippen molar-refractivity contribution < 1.29 is 0 Å². The molecule has 1 aromatic heterocycles. The second kappa shape index (κ2) is 6.92. The number of benzene rings is 1. The molecule has 0 aliphatic heterocycles. The molecule has 0 saturated carbocycles. The molecule has 0 N–H and O–H groups in total. The molecule has 1 aromatic carbocycles. The topological polar surface area (TPSA) is 21.6 Å². The highest BCUT2D eigenvalue weighted by atomic mass is 35.5. The van der Waals surface area contributed by atoms with Crippen molar-refractivity contribution >= 4 is 69.4 Å². The van der Waals surface area contributed by atoms with Crippen molar-refractivity contribution in [2.45, 2.75) is 6.42 Å². The van der Waals surface area contributed by atoms with Gasteiger partial charge in [0.05, 0.1) is 33.2 Å². The van der Waals surface area contributed by atoms with Crippen molar-refractivity contribution in [3.05, 3.63) is 71.5 Å². The lowest BCUT2D eigenvalue weighted by atomic mass is 10.0. The highest BCUT2D eigenvalue weighted by Gasteiger charge is 2.23. The van der Waals surface area contributed by atoms with E-state index in [2.05, 4.69) is 14.7 Å². The van der Waals surface area contributed by atoms with Crippen molar-refractivity contribution in [3.63, 3.8) is 0 Å². The smallest absolute Gasteiger partial charge is 0.215 e. The number of hydrogen-bond donors (Lipinski definition) is 0. The maximum absolute atomic E-state index is 7.19. The molecule has 0 aliphatic rings. The van der Waals surface area contributed by atoms with Crippen LogP contribution in [-0.2, 0) is 6.42 Å². The van der Waals surface area contributed by atoms with Crippen molar-refractivity contribution in [1.82, 2.24) is 4.98 Å². The molecular weight excluding hydrogens is 387 g/mol. The highest BCUT2D eigenvalue weighted by Crippen LogP contribution is 2.49. The first kappa shape index (κ1) is 17.2.